The van der Waals surface area contributed by atoms with Crippen LogP contribution in [0.4, 0.5) is 5.69 Å². The van der Waals surface area contributed by atoms with Crippen LogP contribution in [0.1, 0.15) is 38.2 Å². The molecule has 0 spiro atoms. The number of hydrogen-bond donors (Lipinski definition) is 1. The zero-order valence-corrected chi connectivity index (χ0v) is 13.0. The summed E-state index contributed by atoms with van der Waals surface area (Å²) in [4.78, 5) is 14.4. The van der Waals surface area contributed by atoms with E-state index in [1.54, 1.807) is 11.8 Å². The molecule has 0 aliphatic carbocycles. The first kappa shape index (κ1) is 15.7. The molecule has 0 amide bonds. The molecule has 1 aliphatic rings. The third-order valence-corrected chi connectivity index (χ3v) is 4.70. The van der Waals surface area contributed by atoms with E-state index in [0.717, 1.165) is 35.6 Å². The van der Waals surface area contributed by atoms with Crippen molar-refractivity contribution in [1.82, 2.24) is 0 Å². The molecule has 0 saturated carbocycles. The molecule has 0 radical (unpaired) electrons. The molecule has 0 aromatic heterocycles. The number of carboxylic acids is 1. The molecule has 5 heteroatoms. The number of carbonyl (C=O) groups is 1. The van der Waals surface area contributed by atoms with E-state index in [9.17, 15) is 15.2 Å². The lowest BCUT2D eigenvalue weighted by atomic mass is 10.1. The maximum Gasteiger partial charge on any atom is 0.326 e. The molecule has 2 rings (SSSR count). The molecule has 1 heterocycles. The molecule has 1 unspecified atom stereocenters. The van der Waals surface area contributed by atoms with E-state index in [4.69, 9.17) is 0 Å². The van der Waals surface area contributed by atoms with E-state index in [0.29, 0.717) is 18.5 Å². The standard InChI is InChI=1S/C16H20N2O2S/c1-2-21-15-9-6-8-13(12(15)11-17)18-10-5-3-4-7-14(18)16(19)20/h6,8-9,14H,2-5,7,10H2,1H3,(H,19,20). The van der Waals surface area contributed by atoms with Crippen LogP contribution in [0.3, 0.4) is 0 Å². The maximum atomic E-state index is 11.6. The molecular formula is C16H20N2O2S. The largest absolute Gasteiger partial charge is 0.480 e. The molecule has 1 N–H and O–H groups in total. The minimum Gasteiger partial charge on any atom is -0.480 e. The normalized spacial score (nSPS) is 18.9. The summed E-state index contributed by atoms with van der Waals surface area (Å²) in [5.41, 5.74) is 1.38. The van der Waals surface area contributed by atoms with Gasteiger partial charge in [0.15, 0.2) is 0 Å². The van der Waals surface area contributed by atoms with Gasteiger partial charge >= 0.3 is 5.97 Å². The first-order valence-electron chi connectivity index (χ1n) is 7.34. The van der Waals surface area contributed by atoms with E-state index in [2.05, 4.69) is 6.07 Å². The Morgan fingerprint density at radius 3 is 2.95 bits per heavy atom. The third kappa shape index (κ3) is 3.51. The predicted octanol–water partition coefficient (Wildman–Crippen LogP) is 3.50. The molecule has 1 atom stereocenters. The second-order valence-corrected chi connectivity index (χ2v) is 6.40. The number of hydrogen-bond acceptors (Lipinski definition) is 4. The van der Waals surface area contributed by atoms with Crippen molar-refractivity contribution < 1.29 is 9.90 Å². The molecule has 1 aromatic rings. The lowest BCUT2D eigenvalue weighted by Crippen LogP contribution is -2.41. The number of carboxylic acid groups (broad SMARTS) is 1. The zero-order chi connectivity index (χ0) is 15.2. The fourth-order valence-corrected chi connectivity index (χ4v) is 3.58. The molecule has 1 fully saturated rings. The van der Waals surface area contributed by atoms with Crippen LogP contribution in [-0.4, -0.2) is 29.4 Å². The first-order valence-corrected chi connectivity index (χ1v) is 8.33. The minimum absolute atomic E-state index is 0.526. The molecule has 21 heavy (non-hydrogen) atoms. The second kappa shape index (κ2) is 7.37. The van der Waals surface area contributed by atoms with Gasteiger partial charge in [0.05, 0.1) is 11.3 Å². The van der Waals surface area contributed by atoms with E-state index < -0.39 is 12.0 Å². The monoisotopic (exact) mass is 304 g/mol. The van der Waals surface area contributed by atoms with Gasteiger partial charge in [0.1, 0.15) is 12.1 Å². The quantitative estimate of drug-likeness (QED) is 0.862. The van der Waals surface area contributed by atoms with Gasteiger partial charge < -0.3 is 10.0 Å². The van der Waals surface area contributed by atoms with Crippen molar-refractivity contribution in [3.05, 3.63) is 23.8 Å². The van der Waals surface area contributed by atoms with Crippen molar-refractivity contribution in [3.63, 3.8) is 0 Å². The summed E-state index contributed by atoms with van der Waals surface area (Å²) in [6, 6.07) is 7.47. The molecule has 0 bridgehead atoms. The van der Waals surface area contributed by atoms with Crippen LogP contribution in [0, 0.1) is 11.3 Å². The average molecular weight is 304 g/mol. The van der Waals surface area contributed by atoms with Gasteiger partial charge in [-0.2, -0.15) is 5.26 Å². The first-order chi connectivity index (χ1) is 10.2. The lowest BCUT2D eigenvalue weighted by Gasteiger charge is -2.30. The molecule has 4 nitrogen and oxygen atoms in total. The van der Waals surface area contributed by atoms with Gasteiger partial charge in [-0.1, -0.05) is 25.8 Å². The molecular weight excluding hydrogens is 284 g/mol. The van der Waals surface area contributed by atoms with Crippen molar-refractivity contribution in [1.29, 1.82) is 5.26 Å². The van der Waals surface area contributed by atoms with E-state index in [-0.39, 0.29) is 0 Å². The Hall–Kier alpha value is -1.67. The smallest absolute Gasteiger partial charge is 0.326 e. The van der Waals surface area contributed by atoms with Crippen LogP contribution in [-0.2, 0) is 4.79 Å². The summed E-state index contributed by atoms with van der Waals surface area (Å²) in [7, 11) is 0. The summed E-state index contributed by atoms with van der Waals surface area (Å²) >= 11 is 1.62. The summed E-state index contributed by atoms with van der Waals surface area (Å²) in [5, 5.41) is 19.0. The Labute approximate surface area is 129 Å². The Bertz CT molecular complexity index is 554. The van der Waals surface area contributed by atoms with Gasteiger partial charge in [0.2, 0.25) is 0 Å². The van der Waals surface area contributed by atoms with Crippen LogP contribution < -0.4 is 4.90 Å². The topological polar surface area (TPSA) is 64.3 Å². The van der Waals surface area contributed by atoms with Crippen molar-refractivity contribution >= 4 is 23.4 Å². The van der Waals surface area contributed by atoms with Gasteiger partial charge in [0, 0.05) is 11.4 Å². The molecule has 1 aromatic carbocycles. The average Bonchev–Trinajstić information content (AvgIpc) is 2.73. The number of thioether (sulfide) groups is 1. The van der Waals surface area contributed by atoms with Gasteiger partial charge in [0.25, 0.3) is 0 Å². The van der Waals surface area contributed by atoms with Crippen molar-refractivity contribution in [2.75, 3.05) is 17.2 Å². The van der Waals surface area contributed by atoms with Gasteiger partial charge in [-0.15, -0.1) is 11.8 Å². The van der Waals surface area contributed by atoms with Crippen LogP contribution in [0.2, 0.25) is 0 Å². The predicted molar refractivity (Wildman–Crippen MR) is 84.8 cm³/mol. The SMILES string of the molecule is CCSc1cccc(N2CCCCCC2C(=O)O)c1C#N. The van der Waals surface area contributed by atoms with Crippen molar-refractivity contribution in [2.45, 2.75) is 43.5 Å². The van der Waals surface area contributed by atoms with Gasteiger partial charge in [-0.3, -0.25) is 0 Å². The number of nitrogens with zero attached hydrogens (tertiary/aromatic N) is 2. The summed E-state index contributed by atoms with van der Waals surface area (Å²) in [6.07, 6.45) is 3.59. The number of aliphatic carboxylic acids is 1. The Morgan fingerprint density at radius 1 is 1.48 bits per heavy atom. The highest BCUT2D eigenvalue weighted by molar-refractivity contribution is 7.99. The van der Waals surface area contributed by atoms with Crippen molar-refractivity contribution in [2.24, 2.45) is 0 Å². The Morgan fingerprint density at radius 2 is 2.29 bits per heavy atom. The fourth-order valence-electron chi connectivity index (χ4n) is 2.80. The Kier molecular flexibility index (Phi) is 5.51. The number of rotatable bonds is 4. The van der Waals surface area contributed by atoms with E-state index in [1.807, 2.05) is 30.0 Å². The second-order valence-electron chi connectivity index (χ2n) is 5.09. The maximum absolute atomic E-state index is 11.6. The van der Waals surface area contributed by atoms with E-state index in [1.165, 1.54) is 0 Å². The third-order valence-electron chi connectivity index (χ3n) is 3.76. The van der Waals surface area contributed by atoms with E-state index >= 15 is 0 Å². The molecule has 112 valence electrons. The minimum atomic E-state index is -0.797. The van der Waals surface area contributed by atoms with Gasteiger partial charge in [-0.05, 0) is 30.7 Å². The van der Waals surface area contributed by atoms with Gasteiger partial charge in [-0.25, -0.2) is 4.79 Å². The number of anilines is 1. The van der Waals surface area contributed by atoms with Crippen LogP contribution in [0.15, 0.2) is 23.1 Å². The Balaban J connectivity index is 2.44. The molecule has 1 aliphatic heterocycles. The highest BCUT2D eigenvalue weighted by atomic mass is 32.2. The van der Waals surface area contributed by atoms with Crippen LogP contribution in [0.25, 0.3) is 0 Å². The van der Waals surface area contributed by atoms with Crippen LogP contribution in [0.5, 0.6) is 0 Å². The van der Waals surface area contributed by atoms with Crippen molar-refractivity contribution in [3.8, 4) is 6.07 Å². The summed E-state index contributed by atoms with van der Waals surface area (Å²) < 4.78 is 0. The zero-order valence-electron chi connectivity index (χ0n) is 12.2. The molecule has 1 saturated heterocycles. The summed E-state index contributed by atoms with van der Waals surface area (Å²) in [5.74, 6) is 0.0925. The number of nitriles is 1. The fraction of sp³-hybridized carbons (Fsp3) is 0.500. The number of benzene rings is 1. The summed E-state index contributed by atoms with van der Waals surface area (Å²) in [6.45, 7) is 2.75. The lowest BCUT2D eigenvalue weighted by molar-refractivity contribution is -0.138. The highest BCUT2D eigenvalue weighted by Crippen LogP contribution is 2.33. The van der Waals surface area contributed by atoms with Crippen LogP contribution >= 0.6 is 11.8 Å². The highest BCUT2D eigenvalue weighted by Gasteiger charge is 2.29.